The molecule has 0 aliphatic rings. The number of carbonyl (C=O) groups is 1. The van der Waals surface area contributed by atoms with Crippen molar-refractivity contribution in [3.05, 3.63) is 34.3 Å². The van der Waals surface area contributed by atoms with E-state index in [1.54, 1.807) is 13.8 Å². The van der Waals surface area contributed by atoms with Crippen molar-refractivity contribution in [1.29, 1.82) is 0 Å². The van der Waals surface area contributed by atoms with Crippen molar-refractivity contribution < 1.29 is 9.90 Å². The quantitative estimate of drug-likeness (QED) is 0.898. The van der Waals surface area contributed by atoms with E-state index in [0.29, 0.717) is 6.42 Å². The van der Waals surface area contributed by atoms with Crippen molar-refractivity contribution in [1.82, 2.24) is 5.32 Å². The van der Waals surface area contributed by atoms with Crippen molar-refractivity contribution in [2.75, 3.05) is 0 Å². The van der Waals surface area contributed by atoms with Gasteiger partial charge < -0.3 is 10.4 Å². The van der Waals surface area contributed by atoms with E-state index in [1.807, 2.05) is 38.1 Å². The first-order valence-corrected chi connectivity index (χ1v) is 6.69. The molecule has 2 N–H and O–H groups in total. The van der Waals surface area contributed by atoms with Crippen LogP contribution in [0.3, 0.4) is 0 Å². The molecule has 0 aliphatic heterocycles. The Kier molecular flexibility index (Phi) is 4.56. The van der Waals surface area contributed by atoms with E-state index in [-0.39, 0.29) is 5.91 Å². The van der Waals surface area contributed by atoms with Gasteiger partial charge in [-0.1, -0.05) is 28.1 Å². The average Bonchev–Trinajstić information content (AvgIpc) is 2.14. The number of hydrogen-bond donors (Lipinski definition) is 2. The second kappa shape index (κ2) is 5.41. The van der Waals surface area contributed by atoms with Gasteiger partial charge in [0, 0.05) is 4.47 Å². The Bertz CT molecular complexity index is 436. The molecule has 0 heterocycles. The van der Waals surface area contributed by atoms with Crippen LogP contribution in [0.4, 0.5) is 0 Å². The minimum absolute atomic E-state index is 0.0970. The summed E-state index contributed by atoms with van der Waals surface area (Å²) in [6.45, 7) is 7.00. The second-order valence-corrected chi connectivity index (χ2v) is 6.45. The lowest BCUT2D eigenvalue weighted by Gasteiger charge is -2.38. The van der Waals surface area contributed by atoms with Gasteiger partial charge >= 0.3 is 0 Å². The fraction of sp³-hybridized carbons (Fsp3) is 0.500. The molecule has 100 valence electrons. The fourth-order valence-electron chi connectivity index (χ4n) is 1.38. The maximum atomic E-state index is 11.9. The Morgan fingerprint density at radius 2 is 1.94 bits per heavy atom. The van der Waals surface area contributed by atoms with E-state index in [9.17, 15) is 9.90 Å². The van der Waals surface area contributed by atoms with Gasteiger partial charge in [-0.15, -0.1) is 0 Å². The number of halogens is 1. The highest BCUT2D eigenvalue weighted by molar-refractivity contribution is 9.10. The third kappa shape index (κ3) is 4.10. The minimum Gasteiger partial charge on any atom is -0.388 e. The van der Waals surface area contributed by atoms with Crippen LogP contribution in [0, 0.1) is 0 Å². The lowest BCUT2D eigenvalue weighted by molar-refractivity contribution is -0.125. The van der Waals surface area contributed by atoms with Gasteiger partial charge in [0.1, 0.15) is 0 Å². The van der Waals surface area contributed by atoms with Crippen LogP contribution in [0.2, 0.25) is 0 Å². The molecule has 0 radical (unpaired) electrons. The van der Waals surface area contributed by atoms with Gasteiger partial charge in [0.05, 0.1) is 17.6 Å². The lowest BCUT2D eigenvalue weighted by atomic mass is 9.86. The molecular weight excluding hydrogens is 294 g/mol. The van der Waals surface area contributed by atoms with E-state index in [2.05, 4.69) is 21.2 Å². The summed E-state index contributed by atoms with van der Waals surface area (Å²) in [4.78, 5) is 11.9. The second-order valence-electron chi connectivity index (χ2n) is 5.54. The third-order valence-corrected chi connectivity index (χ3v) is 3.73. The van der Waals surface area contributed by atoms with Gasteiger partial charge in [-0.25, -0.2) is 0 Å². The van der Waals surface area contributed by atoms with Crippen LogP contribution in [0.25, 0.3) is 0 Å². The van der Waals surface area contributed by atoms with Crippen LogP contribution in [0.1, 0.15) is 33.3 Å². The van der Waals surface area contributed by atoms with Crippen molar-refractivity contribution in [2.24, 2.45) is 0 Å². The Morgan fingerprint density at radius 3 is 2.44 bits per heavy atom. The zero-order valence-corrected chi connectivity index (χ0v) is 12.8. The summed E-state index contributed by atoms with van der Waals surface area (Å²) < 4.78 is 0.953. The van der Waals surface area contributed by atoms with Crippen molar-refractivity contribution in [3.63, 3.8) is 0 Å². The predicted octanol–water partition coefficient (Wildman–Crippen LogP) is 2.66. The molecule has 0 spiro atoms. The molecule has 0 atom stereocenters. The smallest absolute Gasteiger partial charge is 0.224 e. The van der Waals surface area contributed by atoms with Crippen LogP contribution in [-0.2, 0) is 11.2 Å². The zero-order chi connectivity index (χ0) is 14.0. The molecule has 1 rings (SSSR count). The summed E-state index contributed by atoms with van der Waals surface area (Å²) >= 11 is 3.37. The molecule has 18 heavy (non-hydrogen) atoms. The molecule has 4 heteroatoms. The number of aliphatic hydroxyl groups is 1. The number of amides is 1. The van der Waals surface area contributed by atoms with E-state index in [1.165, 1.54) is 0 Å². The van der Waals surface area contributed by atoms with Crippen LogP contribution in [0.5, 0.6) is 0 Å². The molecule has 1 aromatic rings. The zero-order valence-electron chi connectivity index (χ0n) is 11.2. The standard InChI is InChI=1S/C14H20BrNO2/c1-13(2,14(3,4)18)16-12(17)9-10-6-5-7-11(15)8-10/h5-8,18H,9H2,1-4H3,(H,16,17). The molecule has 0 saturated carbocycles. The summed E-state index contributed by atoms with van der Waals surface area (Å²) in [5.74, 6) is -0.0970. The van der Waals surface area contributed by atoms with Gasteiger partial charge in [0.2, 0.25) is 5.91 Å². The first-order chi connectivity index (χ1) is 8.12. The molecule has 1 amide bonds. The normalized spacial score (nSPS) is 12.3. The SMILES string of the molecule is CC(C)(O)C(C)(C)NC(=O)Cc1cccc(Br)c1. The molecular formula is C14H20BrNO2. The number of hydrogen-bond acceptors (Lipinski definition) is 2. The summed E-state index contributed by atoms with van der Waals surface area (Å²) in [6, 6.07) is 7.63. The minimum atomic E-state index is -0.972. The van der Waals surface area contributed by atoms with Crippen LogP contribution in [-0.4, -0.2) is 22.2 Å². The fourth-order valence-corrected chi connectivity index (χ4v) is 1.82. The molecule has 1 aromatic carbocycles. The lowest BCUT2D eigenvalue weighted by Crippen LogP contribution is -2.58. The molecule has 0 saturated heterocycles. The first kappa shape index (κ1) is 15.2. The van der Waals surface area contributed by atoms with Gasteiger partial charge in [-0.05, 0) is 45.4 Å². The topological polar surface area (TPSA) is 49.3 Å². The predicted molar refractivity (Wildman–Crippen MR) is 76.4 cm³/mol. The average molecular weight is 314 g/mol. The maximum absolute atomic E-state index is 11.9. The van der Waals surface area contributed by atoms with E-state index in [4.69, 9.17) is 0 Å². The Morgan fingerprint density at radius 1 is 1.33 bits per heavy atom. The number of rotatable bonds is 4. The van der Waals surface area contributed by atoms with Gasteiger partial charge in [0.25, 0.3) is 0 Å². The highest BCUT2D eigenvalue weighted by atomic mass is 79.9. The molecule has 0 aliphatic carbocycles. The van der Waals surface area contributed by atoms with Gasteiger partial charge in [-0.3, -0.25) is 4.79 Å². The van der Waals surface area contributed by atoms with Crippen molar-refractivity contribution in [2.45, 2.75) is 45.3 Å². The third-order valence-electron chi connectivity index (χ3n) is 3.24. The monoisotopic (exact) mass is 313 g/mol. The number of carbonyl (C=O) groups excluding carboxylic acids is 1. The maximum Gasteiger partial charge on any atom is 0.224 e. The van der Waals surface area contributed by atoms with Crippen molar-refractivity contribution >= 4 is 21.8 Å². The largest absolute Gasteiger partial charge is 0.388 e. The summed E-state index contributed by atoms with van der Waals surface area (Å²) in [7, 11) is 0. The number of nitrogens with one attached hydrogen (secondary N) is 1. The molecule has 0 fully saturated rings. The number of benzene rings is 1. The molecule has 3 nitrogen and oxygen atoms in total. The summed E-state index contributed by atoms with van der Waals surface area (Å²) in [5.41, 5.74) is -0.704. The van der Waals surface area contributed by atoms with Crippen LogP contribution in [0.15, 0.2) is 28.7 Å². The Labute approximate surface area is 117 Å². The van der Waals surface area contributed by atoms with Crippen LogP contribution >= 0.6 is 15.9 Å². The highest BCUT2D eigenvalue weighted by Gasteiger charge is 2.36. The highest BCUT2D eigenvalue weighted by Crippen LogP contribution is 2.20. The molecule has 0 aromatic heterocycles. The van der Waals surface area contributed by atoms with Crippen LogP contribution < -0.4 is 5.32 Å². The van der Waals surface area contributed by atoms with Gasteiger partial charge in [-0.2, -0.15) is 0 Å². The van der Waals surface area contributed by atoms with E-state index in [0.717, 1.165) is 10.0 Å². The summed E-state index contributed by atoms with van der Waals surface area (Å²) in [5, 5.41) is 12.8. The van der Waals surface area contributed by atoms with Gasteiger partial charge in [0.15, 0.2) is 0 Å². The summed E-state index contributed by atoms with van der Waals surface area (Å²) in [6.07, 6.45) is 0.305. The Hall–Kier alpha value is -0.870. The Balaban J connectivity index is 2.68. The van der Waals surface area contributed by atoms with Crippen molar-refractivity contribution in [3.8, 4) is 0 Å². The first-order valence-electron chi connectivity index (χ1n) is 5.90. The van der Waals surface area contributed by atoms with E-state index >= 15 is 0 Å². The van der Waals surface area contributed by atoms with E-state index < -0.39 is 11.1 Å². The molecule has 0 unspecified atom stereocenters. The molecule has 0 bridgehead atoms.